The Balaban J connectivity index is 1.50. The lowest BCUT2D eigenvalue weighted by Crippen LogP contribution is -2.35. The molecule has 1 aromatic heterocycles. The highest BCUT2D eigenvalue weighted by Crippen LogP contribution is 2.36. The molecule has 1 aliphatic rings. The van der Waals surface area contributed by atoms with Crippen molar-refractivity contribution >= 4 is 38.1 Å². The number of sulfonamides is 1. The molecule has 0 atom stereocenters. The molecule has 2 heterocycles. The van der Waals surface area contributed by atoms with Crippen LogP contribution in [0.5, 0.6) is 0 Å². The van der Waals surface area contributed by atoms with Gasteiger partial charge in [0.1, 0.15) is 0 Å². The van der Waals surface area contributed by atoms with Gasteiger partial charge in [-0.05, 0) is 74.6 Å². The number of benzene rings is 3. The molecule has 0 radical (unpaired) electrons. The van der Waals surface area contributed by atoms with Crippen LogP contribution in [0, 0.1) is 27.7 Å². The first-order valence-corrected chi connectivity index (χ1v) is 14.1. The van der Waals surface area contributed by atoms with E-state index in [0.717, 1.165) is 28.3 Å². The van der Waals surface area contributed by atoms with Crippen molar-refractivity contribution in [1.82, 2.24) is 8.87 Å². The number of para-hydroxylation sites is 1. The molecule has 0 bridgehead atoms. The molecule has 6 heteroatoms. The van der Waals surface area contributed by atoms with Gasteiger partial charge in [-0.25, -0.2) is 8.42 Å². The summed E-state index contributed by atoms with van der Waals surface area (Å²) in [4.78, 5) is 0.445. The molecule has 0 saturated heterocycles. The molecule has 0 aliphatic carbocycles. The molecule has 4 aromatic rings. The largest absolute Gasteiger partial charge is 0.340 e. The minimum absolute atomic E-state index is 0.376. The lowest BCUT2D eigenvalue weighted by molar-refractivity contribution is 0.440. The third-order valence-electron chi connectivity index (χ3n) is 7.18. The van der Waals surface area contributed by atoms with Crippen LogP contribution in [0.25, 0.3) is 16.5 Å². The van der Waals surface area contributed by atoms with Gasteiger partial charge in [0.2, 0.25) is 10.0 Å². The predicted molar refractivity (Wildman–Crippen MR) is 149 cm³/mol. The van der Waals surface area contributed by atoms with Crippen molar-refractivity contribution in [2.75, 3.05) is 13.1 Å². The first-order valence-electron chi connectivity index (χ1n) is 12.3. The Labute approximate surface area is 218 Å². The zero-order chi connectivity index (χ0) is 25.6. The van der Waals surface area contributed by atoms with Crippen molar-refractivity contribution in [2.24, 2.45) is 0 Å². The SMILES string of the molecule is Cc1cc(C)c(S(=O)(=O)N2CC=C(c3c(C)n(Cc4ccc(Cl)cc4)c4ccccc34)CC2)c(C)c1. The summed E-state index contributed by atoms with van der Waals surface area (Å²) in [5.74, 6) is 0. The second-order valence-electron chi connectivity index (χ2n) is 9.76. The van der Waals surface area contributed by atoms with E-state index in [4.69, 9.17) is 11.6 Å². The van der Waals surface area contributed by atoms with Crippen LogP contribution in [0.2, 0.25) is 5.02 Å². The minimum atomic E-state index is -3.56. The summed E-state index contributed by atoms with van der Waals surface area (Å²) in [7, 11) is -3.56. The average Bonchev–Trinajstić information content (AvgIpc) is 3.11. The van der Waals surface area contributed by atoms with Crippen LogP contribution in [0.15, 0.2) is 71.6 Å². The predicted octanol–water partition coefficient (Wildman–Crippen LogP) is 7.05. The molecule has 3 aromatic carbocycles. The maximum Gasteiger partial charge on any atom is 0.243 e. The van der Waals surface area contributed by atoms with Crippen LogP contribution in [0.4, 0.5) is 0 Å². The Morgan fingerprint density at radius 3 is 2.22 bits per heavy atom. The van der Waals surface area contributed by atoms with E-state index >= 15 is 0 Å². The van der Waals surface area contributed by atoms with Gasteiger partial charge in [0, 0.05) is 46.8 Å². The van der Waals surface area contributed by atoms with Crippen LogP contribution < -0.4 is 0 Å². The van der Waals surface area contributed by atoms with Crippen LogP contribution in [0.1, 0.15) is 39.9 Å². The fourth-order valence-electron chi connectivity index (χ4n) is 5.61. The normalized spacial score (nSPS) is 14.9. The summed E-state index contributed by atoms with van der Waals surface area (Å²) in [6.07, 6.45) is 2.78. The van der Waals surface area contributed by atoms with E-state index in [1.807, 2.05) is 45.0 Å². The first kappa shape index (κ1) is 24.8. The van der Waals surface area contributed by atoms with Gasteiger partial charge in [0.15, 0.2) is 0 Å². The number of fused-ring (bicyclic) bond motifs is 1. The van der Waals surface area contributed by atoms with Gasteiger partial charge in [0.25, 0.3) is 0 Å². The van der Waals surface area contributed by atoms with Crippen molar-refractivity contribution in [1.29, 1.82) is 0 Å². The highest BCUT2D eigenvalue weighted by atomic mass is 35.5. The maximum atomic E-state index is 13.6. The number of aromatic nitrogens is 1. The fraction of sp³-hybridized carbons (Fsp3) is 0.267. The summed E-state index contributed by atoms with van der Waals surface area (Å²) in [6.45, 7) is 9.53. The maximum absolute atomic E-state index is 13.6. The van der Waals surface area contributed by atoms with Gasteiger partial charge < -0.3 is 4.57 Å². The molecule has 1 aliphatic heterocycles. The second-order valence-corrected chi connectivity index (χ2v) is 12.1. The Hall–Kier alpha value is -2.86. The molecular formula is C30H31ClN2O2S. The lowest BCUT2D eigenvalue weighted by Gasteiger charge is -2.27. The topological polar surface area (TPSA) is 42.3 Å². The molecule has 0 N–H and O–H groups in total. The fourth-order valence-corrected chi connectivity index (χ4v) is 7.53. The van der Waals surface area contributed by atoms with E-state index in [2.05, 4.69) is 54.0 Å². The summed E-state index contributed by atoms with van der Waals surface area (Å²) >= 11 is 6.09. The molecule has 0 amide bonds. The van der Waals surface area contributed by atoms with E-state index in [1.54, 1.807) is 4.31 Å². The molecule has 4 nitrogen and oxygen atoms in total. The minimum Gasteiger partial charge on any atom is -0.340 e. The highest BCUT2D eigenvalue weighted by molar-refractivity contribution is 7.89. The van der Waals surface area contributed by atoms with Crippen LogP contribution in [-0.4, -0.2) is 30.4 Å². The zero-order valence-electron chi connectivity index (χ0n) is 21.2. The quantitative estimate of drug-likeness (QED) is 0.284. The van der Waals surface area contributed by atoms with E-state index in [-0.39, 0.29) is 0 Å². The average molecular weight is 519 g/mol. The molecule has 0 saturated carbocycles. The summed E-state index contributed by atoms with van der Waals surface area (Å²) in [5.41, 5.74) is 8.69. The van der Waals surface area contributed by atoms with Crippen molar-refractivity contribution in [3.63, 3.8) is 0 Å². The van der Waals surface area contributed by atoms with Crippen molar-refractivity contribution in [3.05, 3.63) is 105 Å². The monoisotopic (exact) mass is 518 g/mol. The van der Waals surface area contributed by atoms with Crippen LogP contribution >= 0.6 is 11.6 Å². The number of halogens is 1. The van der Waals surface area contributed by atoms with E-state index in [1.165, 1.54) is 33.3 Å². The smallest absolute Gasteiger partial charge is 0.243 e. The molecular weight excluding hydrogens is 488 g/mol. The molecule has 186 valence electrons. The van der Waals surface area contributed by atoms with Crippen molar-refractivity contribution in [2.45, 2.75) is 45.6 Å². The first-order chi connectivity index (χ1) is 17.2. The van der Waals surface area contributed by atoms with Gasteiger partial charge >= 0.3 is 0 Å². The highest BCUT2D eigenvalue weighted by Gasteiger charge is 2.30. The molecule has 0 spiro atoms. The second kappa shape index (κ2) is 9.55. The standard InChI is InChI=1S/C30H31ClN2O2S/c1-20-17-21(2)30(22(3)18-20)36(34,35)32-15-13-25(14-16-32)29-23(4)33(28-8-6-5-7-27(28)29)19-24-9-11-26(31)12-10-24/h5-13,17-18H,14-16,19H2,1-4H3. The number of hydrogen-bond acceptors (Lipinski definition) is 2. The third kappa shape index (κ3) is 4.40. The van der Waals surface area contributed by atoms with Crippen LogP contribution in [0.3, 0.4) is 0 Å². The molecule has 36 heavy (non-hydrogen) atoms. The molecule has 0 unspecified atom stereocenters. The molecule has 5 rings (SSSR count). The van der Waals surface area contributed by atoms with Gasteiger partial charge in [-0.1, -0.05) is 65.7 Å². The molecule has 0 fully saturated rings. The van der Waals surface area contributed by atoms with E-state index in [0.29, 0.717) is 24.4 Å². The van der Waals surface area contributed by atoms with Gasteiger partial charge in [0.05, 0.1) is 4.90 Å². The van der Waals surface area contributed by atoms with E-state index in [9.17, 15) is 8.42 Å². The Bertz CT molecular complexity index is 1580. The van der Waals surface area contributed by atoms with Gasteiger partial charge in [-0.3, -0.25) is 0 Å². The summed E-state index contributed by atoms with van der Waals surface area (Å²) < 4.78 is 31.1. The van der Waals surface area contributed by atoms with Crippen molar-refractivity contribution in [3.8, 4) is 0 Å². The zero-order valence-corrected chi connectivity index (χ0v) is 22.7. The lowest BCUT2D eigenvalue weighted by atomic mass is 9.97. The van der Waals surface area contributed by atoms with E-state index < -0.39 is 10.0 Å². The Morgan fingerprint density at radius 2 is 1.58 bits per heavy atom. The number of aryl methyl sites for hydroxylation is 3. The summed E-state index contributed by atoms with van der Waals surface area (Å²) in [5, 5.41) is 1.94. The Kier molecular flexibility index (Phi) is 6.58. The van der Waals surface area contributed by atoms with Gasteiger partial charge in [-0.15, -0.1) is 0 Å². The number of hydrogen-bond donors (Lipinski definition) is 0. The van der Waals surface area contributed by atoms with Crippen molar-refractivity contribution < 1.29 is 8.42 Å². The number of nitrogens with zero attached hydrogens (tertiary/aromatic N) is 2. The Morgan fingerprint density at radius 1 is 0.917 bits per heavy atom. The van der Waals surface area contributed by atoms with Crippen LogP contribution in [-0.2, 0) is 16.6 Å². The third-order valence-corrected chi connectivity index (χ3v) is 9.60. The summed E-state index contributed by atoms with van der Waals surface area (Å²) in [6, 6.07) is 20.3. The van der Waals surface area contributed by atoms with Gasteiger partial charge in [-0.2, -0.15) is 4.31 Å². The number of rotatable bonds is 5.